The molecule has 3 aromatic carbocycles. The molecule has 37 heavy (non-hydrogen) atoms. The van der Waals surface area contributed by atoms with Gasteiger partial charge in [0.15, 0.2) is 0 Å². The molecule has 0 saturated carbocycles. The molecule has 0 radical (unpaired) electrons. The zero-order chi connectivity index (χ0) is 27.0. The fraction of sp³-hybridized carbons (Fsp3) is 0.310. The number of carbonyl (C=O) groups is 2. The highest BCUT2D eigenvalue weighted by atomic mass is 32.2. The van der Waals surface area contributed by atoms with E-state index in [4.69, 9.17) is 0 Å². The summed E-state index contributed by atoms with van der Waals surface area (Å²) < 4.78 is 26.9. The van der Waals surface area contributed by atoms with Gasteiger partial charge in [-0.05, 0) is 49.1 Å². The normalized spacial score (nSPS) is 12.0. The van der Waals surface area contributed by atoms with Crippen molar-refractivity contribution >= 4 is 27.5 Å². The molecule has 1 N–H and O–H groups in total. The Morgan fingerprint density at radius 2 is 1.49 bits per heavy atom. The number of amides is 2. The molecule has 2 amide bonds. The lowest BCUT2D eigenvalue weighted by molar-refractivity contribution is -0.140. The maximum atomic E-state index is 14.0. The van der Waals surface area contributed by atoms with Crippen molar-refractivity contribution in [3.05, 3.63) is 101 Å². The average molecular weight is 522 g/mol. The van der Waals surface area contributed by atoms with Crippen LogP contribution in [0.1, 0.15) is 29.2 Å². The van der Waals surface area contributed by atoms with Gasteiger partial charge >= 0.3 is 0 Å². The van der Waals surface area contributed by atoms with Gasteiger partial charge in [-0.2, -0.15) is 0 Å². The van der Waals surface area contributed by atoms with Crippen molar-refractivity contribution in [3.63, 3.8) is 0 Å². The third kappa shape index (κ3) is 7.67. The molecule has 3 rings (SSSR count). The van der Waals surface area contributed by atoms with Crippen LogP contribution < -0.4 is 9.62 Å². The van der Waals surface area contributed by atoms with Gasteiger partial charge in [0.1, 0.15) is 12.6 Å². The van der Waals surface area contributed by atoms with Gasteiger partial charge in [0.05, 0.1) is 11.9 Å². The largest absolute Gasteiger partial charge is 0.355 e. The molecule has 3 aromatic rings. The van der Waals surface area contributed by atoms with Gasteiger partial charge in [0.25, 0.3) is 0 Å². The third-order valence-electron chi connectivity index (χ3n) is 6.13. The molecule has 0 spiro atoms. The molecular formula is C29H35N3O4S. The molecule has 0 fully saturated rings. The Morgan fingerprint density at radius 3 is 2.05 bits per heavy atom. The van der Waals surface area contributed by atoms with E-state index in [0.717, 1.165) is 32.8 Å². The number of rotatable bonds is 11. The van der Waals surface area contributed by atoms with Crippen LogP contribution in [0, 0.1) is 13.8 Å². The monoisotopic (exact) mass is 521 g/mol. The smallest absolute Gasteiger partial charge is 0.244 e. The molecular weight excluding hydrogens is 486 g/mol. The van der Waals surface area contributed by atoms with Gasteiger partial charge in [0, 0.05) is 19.5 Å². The number of carbonyl (C=O) groups excluding carboxylic acids is 2. The summed E-state index contributed by atoms with van der Waals surface area (Å²) in [6, 6.07) is 23.6. The van der Waals surface area contributed by atoms with Crippen molar-refractivity contribution in [1.82, 2.24) is 10.2 Å². The van der Waals surface area contributed by atoms with Gasteiger partial charge < -0.3 is 10.2 Å². The van der Waals surface area contributed by atoms with E-state index in [1.807, 2.05) is 93.6 Å². The van der Waals surface area contributed by atoms with Crippen LogP contribution >= 0.6 is 0 Å². The molecule has 0 saturated heterocycles. The fourth-order valence-corrected chi connectivity index (χ4v) is 5.11. The molecule has 0 aromatic heterocycles. The van der Waals surface area contributed by atoms with E-state index < -0.39 is 28.5 Å². The Hall–Kier alpha value is -3.65. The Kier molecular flexibility index (Phi) is 9.47. The Balaban J connectivity index is 2.04. The molecule has 0 bridgehead atoms. The standard InChI is InChI=1S/C29H35N3O4S/c1-5-30-29(34)27(19-24-12-8-6-9-13-24)31(20-25-14-10-7-11-15-25)28(33)21-32(37(4,35)36)26-18-22(2)16-17-23(26)3/h6-18,27H,5,19-21H2,1-4H3,(H,30,34)/t27-/m1/s1. The van der Waals surface area contributed by atoms with E-state index in [-0.39, 0.29) is 12.5 Å². The zero-order valence-corrected chi connectivity index (χ0v) is 22.7. The summed E-state index contributed by atoms with van der Waals surface area (Å²) in [5.74, 6) is -0.740. The fourth-order valence-electron chi connectivity index (χ4n) is 4.21. The average Bonchev–Trinajstić information content (AvgIpc) is 2.87. The van der Waals surface area contributed by atoms with Gasteiger partial charge in [-0.1, -0.05) is 72.8 Å². The quantitative estimate of drug-likeness (QED) is 0.415. The van der Waals surface area contributed by atoms with Gasteiger partial charge in [-0.15, -0.1) is 0 Å². The Morgan fingerprint density at radius 1 is 0.892 bits per heavy atom. The predicted octanol–water partition coefficient (Wildman–Crippen LogP) is 3.85. The van der Waals surface area contributed by atoms with Crippen molar-refractivity contribution in [2.45, 2.75) is 39.8 Å². The summed E-state index contributed by atoms with van der Waals surface area (Å²) in [6.07, 6.45) is 1.39. The zero-order valence-electron chi connectivity index (χ0n) is 21.8. The number of likely N-dealkylation sites (N-methyl/N-ethyl adjacent to an activating group) is 1. The number of benzene rings is 3. The van der Waals surface area contributed by atoms with Gasteiger partial charge in [-0.25, -0.2) is 8.42 Å². The minimum Gasteiger partial charge on any atom is -0.355 e. The SMILES string of the molecule is CCNC(=O)[C@@H](Cc1ccccc1)N(Cc1ccccc1)C(=O)CN(c1cc(C)ccc1C)S(C)(=O)=O. The van der Waals surface area contributed by atoms with Crippen LogP contribution in [-0.4, -0.2) is 50.5 Å². The number of hydrogen-bond donors (Lipinski definition) is 1. The van der Waals surface area contributed by atoms with Crippen molar-refractivity contribution < 1.29 is 18.0 Å². The van der Waals surface area contributed by atoms with E-state index in [0.29, 0.717) is 18.7 Å². The molecule has 1 atom stereocenters. The van der Waals surface area contributed by atoms with Crippen LogP contribution in [0.15, 0.2) is 78.9 Å². The predicted molar refractivity (Wildman–Crippen MR) is 148 cm³/mol. The van der Waals surface area contributed by atoms with Crippen LogP contribution in [-0.2, 0) is 32.6 Å². The third-order valence-corrected chi connectivity index (χ3v) is 7.26. The Labute approximate surface area is 220 Å². The maximum Gasteiger partial charge on any atom is 0.244 e. The first-order valence-electron chi connectivity index (χ1n) is 12.3. The lowest BCUT2D eigenvalue weighted by Crippen LogP contribution is -2.53. The van der Waals surface area contributed by atoms with Crippen molar-refractivity contribution in [1.29, 1.82) is 0 Å². The molecule has 7 nitrogen and oxygen atoms in total. The summed E-state index contributed by atoms with van der Waals surface area (Å²) in [5.41, 5.74) is 3.82. The number of nitrogens with one attached hydrogen (secondary N) is 1. The summed E-state index contributed by atoms with van der Waals surface area (Å²) in [4.78, 5) is 28.7. The van der Waals surface area contributed by atoms with Crippen molar-refractivity contribution in [2.75, 3.05) is 23.7 Å². The molecule has 0 aliphatic heterocycles. The van der Waals surface area contributed by atoms with Crippen LogP contribution in [0.5, 0.6) is 0 Å². The highest BCUT2D eigenvalue weighted by molar-refractivity contribution is 7.92. The first-order chi connectivity index (χ1) is 17.6. The first-order valence-corrected chi connectivity index (χ1v) is 14.1. The van der Waals surface area contributed by atoms with Crippen molar-refractivity contribution in [3.8, 4) is 0 Å². The van der Waals surface area contributed by atoms with E-state index in [2.05, 4.69) is 5.32 Å². The van der Waals surface area contributed by atoms with Crippen LogP contribution in [0.2, 0.25) is 0 Å². The minimum atomic E-state index is -3.79. The molecule has 0 unspecified atom stereocenters. The number of anilines is 1. The summed E-state index contributed by atoms with van der Waals surface area (Å²) in [6.45, 7) is 5.67. The molecule has 0 heterocycles. The number of aryl methyl sites for hydroxylation is 2. The second-order valence-electron chi connectivity index (χ2n) is 9.17. The number of nitrogens with zero attached hydrogens (tertiary/aromatic N) is 2. The lowest BCUT2D eigenvalue weighted by Gasteiger charge is -2.33. The second kappa shape index (κ2) is 12.5. The summed E-state index contributed by atoms with van der Waals surface area (Å²) in [7, 11) is -3.79. The van der Waals surface area contributed by atoms with E-state index in [1.54, 1.807) is 6.07 Å². The summed E-state index contributed by atoms with van der Waals surface area (Å²) in [5, 5.41) is 2.85. The highest BCUT2D eigenvalue weighted by Gasteiger charge is 2.33. The van der Waals surface area contributed by atoms with E-state index in [1.165, 1.54) is 4.90 Å². The molecule has 196 valence electrons. The van der Waals surface area contributed by atoms with Gasteiger partial charge in [-0.3, -0.25) is 13.9 Å². The topological polar surface area (TPSA) is 86.8 Å². The number of sulfonamides is 1. The molecule has 0 aliphatic carbocycles. The highest BCUT2D eigenvalue weighted by Crippen LogP contribution is 2.25. The summed E-state index contributed by atoms with van der Waals surface area (Å²) >= 11 is 0. The van der Waals surface area contributed by atoms with Crippen molar-refractivity contribution in [2.24, 2.45) is 0 Å². The first kappa shape index (κ1) is 27.9. The lowest BCUT2D eigenvalue weighted by atomic mass is 10.0. The number of hydrogen-bond acceptors (Lipinski definition) is 4. The second-order valence-corrected chi connectivity index (χ2v) is 11.1. The molecule has 8 heteroatoms. The minimum absolute atomic E-state index is 0.165. The van der Waals surface area contributed by atoms with Gasteiger partial charge in [0.2, 0.25) is 21.8 Å². The Bertz CT molecular complexity index is 1310. The van der Waals surface area contributed by atoms with Crippen LogP contribution in [0.3, 0.4) is 0 Å². The van der Waals surface area contributed by atoms with E-state index >= 15 is 0 Å². The van der Waals surface area contributed by atoms with Crippen LogP contribution in [0.4, 0.5) is 5.69 Å². The van der Waals surface area contributed by atoms with E-state index in [9.17, 15) is 18.0 Å². The van der Waals surface area contributed by atoms with Crippen LogP contribution in [0.25, 0.3) is 0 Å². The molecule has 0 aliphatic rings. The maximum absolute atomic E-state index is 14.0.